The molecule has 2 heterocycles. The largest absolute Gasteiger partial charge is 0.435 e. The highest BCUT2D eigenvalue weighted by Crippen LogP contribution is 2.37. The van der Waals surface area contributed by atoms with Crippen molar-refractivity contribution in [3.63, 3.8) is 0 Å². The van der Waals surface area contributed by atoms with Crippen LogP contribution >= 0.6 is 0 Å². The summed E-state index contributed by atoms with van der Waals surface area (Å²) in [6.07, 6.45) is 2.88. The second-order valence-electron chi connectivity index (χ2n) is 7.09. The van der Waals surface area contributed by atoms with Crippen molar-refractivity contribution in [3.8, 4) is 5.75 Å². The van der Waals surface area contributed by atoms with E-state index in [1.807, 2.05) is 23.1 Å². The minimum Gasteiger partial charge on any atom is -0.435 e. The first kappa shape index (κ1) is 18.6. The number of carbonyl (C=O) groups is 1. The zero-order chi connectivity index (χ0) is 19.6. The van der Waals surface area contributed by atoms with Crippen molar-refractivity contribution >= 4 is 17.9 Å². The molecule has 0 aromatic heterocycles. The van der Waals surface area contributed by atoms with Crippen LogP contribution in [-0.2, 0) is 11.3 Å². The van der Waals surface area contributed by atoms with E-state index in [9.17, 15) is 13.6 Å². The van der Waals surface area contributed by atoms with Crippen LogP contribution in [0.5, 0.6) is 5.75 Å². The van der Waals surface area contributed by atoms with Gasteiger partial charge in [0.25, 0.3) is 5.91 Å². The lowest BCUT2D eigenvalue weighted by Crippen LogP contribution is -2.56. The van der Waals surface area contributed by atoms with Crippen LogP contribution in [0.4, 0.5) is 14.5 Å². The third-order valence-electron chi connectivity index (χ3n) is 5.42. The lowest BCUT2D eigenvalue weighted by molar-refractivity contribution is -0.123. The van der Waals surface area contributed by atoms with Crippen molar-refractivity contribution in [2.24, 2.45) is 4.99 Å². The highest BCUT2D eigenvalue weighted by atomic mass is 19.3. The number of piperidine rings is 1. The molecule has 28 heavy (non-hydrogen) atoms. The SMILES string of the molecule is O=C1N=CN(c2ccc(OC(F)F)cc2)C12CCN(Cc1ccccc1)CC2. The predicted molar refractivity (Wildman–Crippen MR) is 103 cm³/mol. The molecule has 2 aromatic rings. The molecule has 0 radical (unpaired) electrons. The molecule has 2 aliphatic heterocycles. The highest BCUT2D eigenvalue weighted by molar-refractivity contribution is 6.08. The molecule has 0 bridgehead atoms. The Kier molecular flexibility index (Phi) is 5.09. The maximum atomic E-state index is 12.6. The number of hydrogen-bond acceptors (Lipinski definition) is 4. The smallest absolute Gasteiger partial charge is 0.387 e. The van der Waals surface area contributed by atoms with Crippen molar-refractivity contribution in [2.75, 3.05) is 18.0 Å². The number of alkyl halides is 2. The van der Waals surface area contributed by atoms with Gasteiger partial charge in [0.2, 0.25) is 0 Å². The van der Waals surface area contributed by atoms with E-state index in [1.54, 1.807) is 18.5 Å². The maximum absolute atomic E-state index is 12.6. The van der Waals surface area contributed by atoms with Crippen molar-refractivity contribution < 1.29 is 18.3 Å². The van der Waals surface area contributed by atoms with E-state index in [2.05, 4.69) is 26.8 Å². The molecule has 0 aliphatic carbocycles. The number of likely N-dealkylation sites (tertiary alicyclic amines) is 1. The van der Waals surface area contributed by atoms with Gasteiger partial charge in [0, 0.05) is 25.3 Å². The van der Waals surface area contributed by atoms with Gasteiger partial charge in [-0.15, -0.1) is 0 Å². The normalized spacial score (nSPS) is 19.0. The molecule has 0 N–H and O–H groups in total. The molecular weight excluding hydrogens is 364 g/mol. The van der Waals surface area contributed by atoms with Gasteiger partial charge in [0.15, 0.2) is 0 Å². The van der Waals surface area contributed by atoms with E-state index in [-0.39, 0.29) is 11.7 Å². The molecule has 1 spiro atoms. The third-order valence-corrected chi connectivity index (χ3v) is 5.42. The first-order valence-corrected chi connectivity index (χ1v) is 9.26. The summed E-state index contributed by atoms with van der Waals surface area (Å²) < 4.78 is 29.1. The van der Waals surface area contributed by atoms with Crippen LogP contribution in [0.3, 0.4) is 0 Å². The second-order valence-corrected chi connectivity index (χ2v) is 7.09. The first-order valence-electron chi connectivity index (χ1n) is 9.26. The molecule has 2 aliphatic rings. The lowest BCUT2D eigenvalue weighted by atomic mass is 9.85. The summed E-state index contributed by atoms with van der Waals surface area (Å²) in [5.74, 6) is -0.0484. The Hall–Kier alpha value is -2.80. The molecule has 1 fully saturated rings. The molecule has 5 nitrogen and oxygen atoms in total. The van der Waals surface area contributed by atoms with Gasteiger partial charge in [-0.05, 0) is 42.7 Å². The quantitative estimate of drug-likeness (QED) is 0.787. The summed E-state index contributed by atoms with van der Waals surface area (Å²) in [6, 6.07) is 16.6. The minimum absolute atomic E-state index is 0.0907. The molecule has 4 rings (SSSR count). The minimum atomic E-state index is -2.86. The van der Waals surface area contributed by atoms with Gasteiger partial charge in [-0.2, -0.15) is 8.78 Å². The second kappa shape index (κ2) is 7.67. The van der Waals surface area contributed by atoms with Gasteiger partial charge >= 0.3 is 6.61 Å². The molecular formula is C21H21F2N3O2. The Morgan fingerprint density at radius 3 is 2.36 bits per heavy atom. The molecule has 1 amide bonds. The summed E-state index contributed by atoms with van der Waals surface area (Å²) >= 11 is 0. The monoisotopic (exact) mass is 385 g/mol. The summed E-state index contributed by atoms with van der Waals surface area (Å²) in [4.78, 5) is 20.9. The van der Waals surface area contributed by atoms with Crippen LogP contribution in [0.15, 0.2) is 59.6 Å². The zero-order valence-corrected chi connectivity index (χ0v) is 15.3. The molecule has 0 saturated carbocycles. The maximum Gasteiger partial charge on any atom is 0.387 e. The number of anilines is 1. The standard InChI is InChI=1S/C21H21F2N3O2/c22-20(23)28-18-8-6-17(7-9-18)26-15-24-19(27)21(26)10-12-25(13-11-21)14-16-4-2-1-3-5-16/h1-9,15,20H,10-14H2. The molecule has 0 atom stereocenters. The van der Waals surface area contributed by atoms with Crippen LogP contribution in [0, 0.1) is 0 Å². The summed E-state index contributed by atoms with van der Waals surface area (Å²) in [7, 11) is 0. The predicted octanol–water partition coefficient (Wildman–Crippen LogP) is 3.70. The van der Waals surface area contributed by atoms with Gasteiger partial charge in [-0.3, -0.25) is 9.69 Å². The number of amides is 1. The number of nitrogens with zero attached hydrogens (tertiary/aromatic N) is 3. The van der Waals surface area contributed by atoms with Crippen molar-refractivity contribution in [2.45, 2.75) is 31.5 Å². The van der Waals surface area contributed by atoms with Gasteiger partial charge in [-0.1, -0.05) is 30.3 Å². The number of halogens is 2. The Bertz CT molecular complexity index is 848. The van der Waals surface area contributed by atoms with Crippen LogP contribution in [-0.4, -0.2) is 42.4 Å². The van der Waals surface area contributed by atoms with Crippen molar-refractivity contribution in [1.82, 2.24) is 4.90 Å². The van der Waals surface area contributed by atoms with Crippen molar-refractivity contribution in [1.29, 1.82) is 0 Å². The third kappa shape index (κ3) is 3.62. The zero-order valence-electron chi connectivity index (χ0n) is 15.3. The number of benzene rings is 2. The molecule has 2 aromatic carbocycles. The Morgan fingerprint density at radius 1 is 1.04 bits per heavy atom. The molecule has 7 heteroatoms. The van der Waals surface area contributed by atoms with E-state index in [4.69, 9.17) is 0 Å². The Balaban J connectivity index is 1.46. The Labute approximate surface area is 162 Å². The number of rotatable bonds is 5. The average Bonchev–Trinajstić information content (AvgIpc) is 3.01. The van der Waals surface area contributed by atoms with Crippen LogP contribution in [0.1, 0.15) is 18.4 Å². The fourth-order valence-corrected chi connectivity index (χ4v) is 3.92. The van der Waals surface area contributed by atoms with E-state index in [0.29, 0.717) is 12.8 Å². The first-order chi connectivity index (χ1) is 13.6. The van der Waals surface area contributed by atoms with Crippen molar-refractivity contribution in [3.05, 3.63) is 60.2 Å². The molecule has 0 unspecified atom stereocenters. The van der Waals surface area contributed by atoms with Crippen LogP contribution < -0.4 is 9.64 Å². The fraction of sp³-hybridized carbons (Fsp3) is 0.333. The molecule has 1 saturated heterocycles. The van der Waals surface area contributed by atoms with E-state index in [0.717, 1.165) is 25.3 Å². The highest BCUT2D eigenvalue weighted by Gasteiger charge is 2.49. The summed E-state index contributed by atoms with van der Waals surface area (Å²) in [5.41, 5.74) is 1.30. The topological polar surface area (TPSA) is 45.1 Å². The van der Waals surface area contributed by atoms with E-state index < -0.39 is 12.2 Å². The molecule has 146 valence electrons. The van der Waals surface area contributed by atoms with Crippen LogP contribution in [0.25, 0.3) is 0 Å². The number of hydrogen-bond donors (Lipinski definition) is 0. The summed E-state index contributed by atoms with van der Waals surface area (Å²) in [5, 5.41) is 0. The fourth-order valence-electron chi connectivity index (χ4n) is 3.92. The van der Waals surface area contributed by atoms with E-state index >= 15 is 0 Å². The number of ether oxygens (including phenoxy) is 1. The number of aliphatic imine (C=N–C) groups is 1. The van der Waals surface area contributed by atoms with Gasteiger partial charge in [0.05, 0.1) is 6.34 Å². The average molecular weight is 385 g/mol. The lowest BCUT2D eigenvalue weighted by Gasteiger charge is -2.43. The number of carbonyl (C=O) groups excluding carboxylic acids is 1. The Morgan fingerprint density at radius 2 is 1.71 bits per heavy atom. The summed E-state index contributed by atoms with van der Waals surface area (Å²) in [6.45, 7) is -0.438. The van der Waals surface area contributed by atoms with Gasteiger partial charge < -0.3 is 9.64 Å². The van der Waals surface area contributed by atoms with Gasteiger partial charge in [0.1, 0.15) is 11.3 Å². The van der Waals surface area contributed by atoms with E-state index in [1.165, 1.54) is 17.7 Å². The van der Waals surface area contributed by atoms with Gasteiger partial charge in [-0.25, -0.2) is 4.99 Å². The van der Waals surface area contributed by atoms with Crippen LogP contribution in [0.2, 0.25) is 0 Å².